The minimum atomic E-state index is -0.0787. The fourth-order valence-corrected chi connectivity index (χ4v) is 2.09. The summed E-state index contributed by atoms with van der Waals surface area (Å²) >= 11 is 0. The van der Waals surface area contributed by atoms with Gasteiger partial charge in [-0.15, -0.1) is 0 Å². The number of aromatic nitrogens is 1. The summed E-state index contributed by atoms with van der Waals surface area (Å²) in [5.74, 6) is 0.680. The third-order valence-electron chi connectivity index (χ3n) is 2.98. The van der Waals surface area contributed by atoms with E-state index < -0.39 is 0 Å². The van der Waals surface area contributed by atoms with Gasteiger partial charge in [0, 0.05) is 24.5 Å². The fourth-order valence-electron chi connectivity index (χ4n) is 2.09. The van der Waals surface area contributed by atoms with Crippen LogP contribution in [0.3, 0.4) is 0 Å². The number of H-pyrrole nitrogens is 1. The smallest absolute Gasteiger partial charge is 0.191 e. The van der Waals surface area contributed by atoms with E-state index >= 15 is 0 Å². The van der Waals surface area contributed by atoms with Crippen LogP contribution in [0, 0.1) is 0 Å². The topological polar surface area (TPSA) is 80.1 Å². The zero-order valence-corrected chi connectivity index (χ0v) is 11.8. The van der Waals surface area contributed by atoms with Crippen LogP contribution in [0.5, 0.6) is 0 Å². The Morgan fingerprint density at radius 3 is 2.80 bits per heavy atom. The molecule has 1 aromatic heterocycles. The van der Waals surface area contributed by atoms with Crippen LogP contribution in [-0.4, -0.2) is 30.3 Å². The first-order valence-electron chi connectivity index (χ1n) is 6.81. The predicted octanol–water partition coefficient (Wildman–Crippen LogP) is 1.69. The van der Waals surface area contributed by atoms with Gasteiger partial charge in [-0.2, -0.15) is 0 Å². The molecule has 1 heterocycles. The van der Waals surface area contributed by atoms with E-state index in [1.807, 2.05) is 38.1 Å². The molecule has 2 rings (SSSR count). The van der Waals surface area contributed by atoms with Crippen LogP contribution in [-0.2, 0) is 4.74 Å². The molecule has 5 heteroatoms. The summed E-state index contributed by atoms with van der Waals surface area (Å²) in [7, 11) is 0. The molecular weight excluding hydrogens is 254 g/mol. The highest BCUT2D eigenvalue weighted by atomic mass is 16.5. The second kappa shape index (κ2) is 6.54. The second-order valence-corrected chi connectivity index (χ2v) is 5.02. The Kier molecular flexibility index (Phi) is 4.76. The Morgan fingerprint density at radius 1 is 1.35 bits per heavy atom. The molecule has 5 nitrogen and oxygen atoms in total. The average molecular weight is 275 g/mol. The fraction of sp³-hybridized carbons (Fsp3) is 0.400. The van der Waals surface area contributed by atoms with Gasteiger partial charge in [0.1, 0.15) is 5.82 Å². The number of ether oxygens (including phenoxy) is 1. The number of anilines is 1. The maximum atomic E-state index is 12.0. The molecule has 0 fully saturated rings. The van der Waals surface area contributed by atoms with Gasteiger partial charge in [-0.1, -0.05) is 12.1 Å². The molecular formula is C15H21N3O2. The Labute approximate surface area is 118 Å². The molecule has 0 spiro atoms. The van der Waals surface area contributed by atoms with Crippen molar-refractivity contribution < 1.29 is 4.74 Å². The minimum Gasteiger partial charge on any atom is -0.372 e. The molecule has 1 unspecified atom stereocenters. The molecule has 0 bridgehead atoms. The van der Waals surface area contributed by atoms with Crippen LogP contribution in [0.25, 0.3) is 10.9 Å². The van der Waals surface area contributed by atoms with E-state index in [0.29, 0.717) is 24.3 Å². The molecule has 0 aliphatic rings. The van der Waals surface area contributed by atoms with Gasteiger partial charge in [0.2, 0.25) is 0 Å². The summed E-state index contributed by atoms with van der Waals surface area (Å²) in [5.41, 5.74) is 6.48. The quantitative estimate of drug-likeness (QED) is 0.749. The molecule has 0 amide bonds. The Morgan fingerprint density at radius 2 is 2.10 bits per heavy atom. The normalized spacial score (nSPS) is 12.8. The van der Waals surface area contributed by atoms with E-state index in [9.17, 15) is 4.79 Å². The van der Waals surface area contributed by atoms with Crippen molar-refractivity contribution in [2.45, 2.75) is 26.1 Å². The molecule has 4 N–H and O–H groups in total. The van der Waals surface area contributed by atoms with Gasteiger partial charge >= 0.3 is 0 Å². The Balaban J connectivity index is 2.12. The number of rotatable bonds is 6. The van der Waals surface area contributed by atoms with Crippen molar-refractivity contribution in [3.8, 4) is 0 Å². The molecule has 0 radical (unpaired) electrons. The molecule has 20 heavy (non-hydrogen) atoms. The molecule has 0 saturated heterocycles. The lowest BCUT2D eigenvalue weighted by atomic mass is 10.2. The van der Waals surface area contributed by atoms with Crippen molar-refractivity contribution in [3.63, 3.8) is 0 Å². The maximum absolute atomic E-state index is 12.0. The minimum absolute atomic E-state index is 0.00377. The lowest BCUT2D eigenvalue weighted by molar-refractivity contribution is 0.0209. The van der Waals surface area contributed by atoms with Crippen LogP contribution >= 0.6 is 0 Å². The van der Waals surface area contributed by atoms with Crippen LogP contribution in [0.15, 0.2) is 35.1 Å². The number of aromatic amines is 1. The van der Waals surface area contributed by atoms with Crippen molar-refractivity contribution in [2.24, 2.45) is 5.73 Å². The Bertz CT molecular complexity index is 622. The van der Waals surface area contributed by atoms with Crippen LogP contribution in [0.1, 0.15) is 13.8 Å². The summed E-state index contributed by atoms with van der Waals surface area (Å²) in [4.78, 5) is 15.2. The number of pyridine rings is 1. The van der Waals surface area contributed by atoms with Crippen LogP contribution in [0.4, 0.5) is 5.82 Å². The number of fused-ring (bicyclic) bond motifs is 1. The lowest BCUT2D eigenvalue weighted by Crippen LogP contribution is -2.33. The molecule has 2 aromatic rings. The third kappa shape index (κ3) is 3.59. The number of para-hydroxylation sites is 1. The zero-order valence-electron chi connectivity index (χ0n) is 11.8. The van der Waals surface area contributed by atoms with E-state index in [-0.39, 0.29) is 17.6 Å². The van der Waals surface area contributed by atoms with Crippen molar-refractivity contribution in [3.05, 3.63) is 40.6 Å². The molecule has 0 aliphatic heterocycles. The van der Waals surface area contributed by atoms with Gasteiger partial charge in [0.05, 0.1) is 17.7 Å². The van der Waals surface area contributed by atoms with Gasteiger partial charge in [-0.05, 0) is 26.0 Å². The summed E-state index contributed by atoms with van der Waals surface area (Å²) in [6.45, 7) is 4.94. The second-order valence-electron chi connectivity index (χ2n) is 5.02. The van der Waals surface area contributed by atoms with Crippen molar-refractivity contribution in [1.29, 1.82) is 0 Å². The zero-order chi connectivity index (χ0) is 14.5. The molecule has 0 aliphatic carbocycles. The maximum Gasteiger partial charge on any atom is 0.191 e. The van der Waals surface area contributed by atoms with Crippen LogP contribution in [0.2, 0.25) is 0 Å². The summed E-state index contributed by atoms with van der Waals surface area (Å²) < 4.78 is 5.66. The Hall–Kier alpha value is -1.85. The van der Waals surface area contributed by atoms with Gasteiger partial charge in [0.15, 0.2) is 5.43 Å². The third-order valence-corrected chi connectivity index (χ3v) is 2.98. The van der Waals surface area contributed by atoms with E-state index in [1.54, 1.807) is 6.07 Å². The monoisotopic (exact) mass is 275 g/mol. The van der Waals surface area contributed by atoms with E-state index in [4.69, 9.17) is 10.5 Å². The van der Waals surface area contributed by atoms with Crippen molar-refractivity contribution >= 4 is 16.7 Å². The highest BCUT2D eigenvalue weighted by Crippen LogP contribution is 2.10. The standard InChI is InChI=1S/C15H21N3O2/c1-10(2)20-11(8-16)9-17-15-7-14(19)12-5-3-4-6-13(12)18-15/h3-7,10-11H,8-9,16H2,1-2H3,(H2,17,18,19). The molecule has 0 saturated carbocycles. The first-order chi connectivity index (χ1) is 9.60. The van der Waals surface area contributed by atoms with E-state index in [2.05, 4.69) is 10.3 Å². The average Bonchev–Trinajstić information content (AvgIpc) is 2.43. The predicted molar refractivity (Wildman–Crippen MR) is 82.1 cm³/mol. The first kappa shape index (κ1) is 14.6. The largest absolute Gasteiger partial charge is 0.372 e. The highest BCUT2D eigenvalue weighted by Gasteiger charge is 2.09. The van der Waals surface area contributed by atoms with E-state index in [0.717, 1.165) is 5.52 Å². The van der Waals surface area contributed by atoms with Crippen LogP contribution < -0.4 is 16.5 Å². The van der Waals surface area contributed by atoms with Gasteiger partial charge in [-0.25, -0.2) is 0 Å². The molecule has 1 atom stereocenters. The summed E-state index contributed by atoms with van der Waals surface area (Å²) in [6, 6.07) is 9.00. The van der Waals surface area contributed by atoms with Gasteiger partial charge in [-0.3, -0.25) is 4.79 Å². The van der Waals surface area contributed by atoms with Gasteiger partial charge in [0.25, 0.3) is 0 Å². The number of hydrogen-bond donors (Lipinski definition) is 3. The molecule has 1 aromatic carbocycles. The number of nitrogens with two attached hydrogens (primary N) is 1. The number of benzene rings is 1. The number of nitrogens with one attached hydrogen (secondary N) is 2. The number of hydrogen-bond acceptors (Lipinski definition) is 4. The molecule has 108 valence electrons. The summed E-state index contributed by atoms with van der Waals surface area (Å²) in [5, 5.41) is 3.86. The summed E-state index contributed by atoms with van der Waals surface area (Å²) in [6.07, 6.45) is 0.0472. The van der Waals surface area contributed by atoms with E-state index in [1.165, 1.54) is 0 Å². The SMILES string of the molecule is CC(C)OC(CN)CNc1cc(=O)c2ccccc2[nH]1. The first-order valence-corrected chi connectivity index (χ1v) is 6.81. The van der Waals surface area contributed by atoms with Gasteiger partial charge < -0.3 is 20.8 Å². The van der Waals surface area contributed by atoms with Crippen molar-refractivity contribution in [2.75, 3.05) is 18.4 Å². The highest BCUT2D eigenvalue weighted by molar-refractivity contribution is 5.79. The van der Waals surface area contributed by atoms with Crippen molar-refractivity contribution in [1.82, 2.24) is 4.98 Å². The lowest BCUT2D eigenvalue weighted by Gasteiger charge is -2.19.